The van der Waals surface area contributed by atoms with E-state index in [1.54, 1.807) is 0 Å². The largest absolute Gasteiger partial charge is 0.481 e. The van der Waals surface area contributed by atoms with Crippen LogP contribution in [0.2, 0.25) is 0 Å². The molecule has 0 fully saturated rings. The summed E-state index contributed by atoms with van der Waals surface area (Å²) < 4.78 is 0. The standard InChI is InChI=1S/C10H21NO2/c1-10(2,3)6-8-11(4)7-5-9(12)13/h5-8H2,1-4H3,(H,12,13). The molecule has 3 heteroatoms. The highest BCUT2D eigenvalue weighted by molar-refractivity contribution is 5.66. The summed E-state index contributed by atoms with van der Waals surface area (Å²) in [5.41, 5.74) is 0.331. The number of carbonyl (C=O) groups is 1. The van der Waals surface area contributed by atoms with Crippen LogP contribution < -0.4 is 0 Å². The van der Waals surface area contributed by atoms with Gasteiger partial charge >= 0.3 is 5.97 Å². The molecular formula is C10H21NO2. The molecule has 0 bridgehead atoms. The van der Waals surface area contributed by atoms with Crippen molar-refractivity contribution in [2.75, 3.05) is 20.1 Å². The van der Waals surface area contributed by atoms with Gasteiger partial charge in [-0.05, 0) is 25.4 Å². The van der Waals surface area contributed by atoms with Gasteiger partial charge < -0.3 is 10.0 Å². The van der Waals surface area contributed by atoms with Crippen LogP contribution in [0, 0.1) is 5.41 Å². The van der Waals surface area contributed by atoms with E-state index in [0.29, 0.717) is 12.0 Å². The van der Waals surface area contributed by atoms with Gasteiger partial charge in [0.25, 0.3) is 0 Å². The molecule has 1 N–H and O–H groups in total. The minimum absolute atomic E-state index is 0.237. The Morgan fingerprint density at radius 3 is 2.23 bits per heavy atom. The number of carboxylic acids is 1. The molecule has 0 amide bonds. The minimum Gasteiger partial charge on any atom is -0.481 e. The third-order valence-corrected chi connectivity index (χ3v) is 1.95. The maximum Gasteiger partial charge on any atom is 0.304 e. The van der Waals surface area contributed by atoms with Crippen LogP contribution >= 0.6 is 0 Å². The van der Waals surface area contributed by atoms with Crippen molar-refractivity contribution in [2.24, 2.45) is 5.41 Å². The first-order valence-corrected chi connectivity index (χ1v) is 4.71. The van der Waals surface area contributed by atoms with E-state index < -0.39 is 5.97 Å². The zero-order valence-electron chi connectivity index (χ0n) is 9.13. The van der Waals surface area contributed by atoms with Crippen LogP contribution in [0.3, 0.4) is 0 Å². The molecule has 0 aromatic rings. The van der Waals surface area contributed by atoms with Crippen LogP contribution in [0.4, 0.5) is 0 Å². The Bertz CT molecular complexity index is 161. The quantitative estimate of drug-likeness (QED) is 0.714. The normalized spacial score (nSPS) is 12.1. The number of rotatable bonds is 5. The Labute approximate surface area is 80.7 Å². The molecule has 0 aliphatic heterocycles. The number of aliphatic carboxylic acids is 1. The number of hydrogen-bond donors (Lipinski definition) is 1. The summed E-state index contributed by atoms with van der Waals surface area (Å²) >= 11 is 0. The zero-order valence-corrected chi connectivity index (χ0v) is 9.13. The van der Waals surface area contributed by atoms with Gasteiger partial charge in [-0.1, -0.05) is 20.8 Å². The molecule has 0 radical (unpaired) electrons. The second-order valence-corrected chi connectivity index (χ2v) is 4.76. The van der Waals surface area contributed by atoms with Crippen LogP contribution in [0.1, 0.15) is 33.6 Å². The fourth-order valence-corrected chi connectivity index (χ4v) is 0.925. The highest BCUT2D eigenvalue weighted by Crippen LogP contribution is 2.18. The third-order valence-electron chi connectivity index (χ3n) is 1.95. The van der Waals surface area contributed by atoms with Crippen molar-refractivity contribution in [2.45, 2.75) is 33.6 Å². The lowest BCUT2D eigenvalue weighted by Crippen LogP contribution is -2.25. The van der Waals surface area contributed by atoms with Crippen LogP contribution in [0.25, 0.3) is 0 Å². The van der Waals surface area contributed by atoms with E-state index >= 15 is 0 Å². The lowest BCUT2D eigenvalue weighted by Gasteiger charge is -2.22. The Morgan fingerprint density at radius 2 is 1.85 bits per heavy atom. The van der Waals surface area contributed by atoms with Gasteiger partial charge in [0.05, 0.1) is 6.42 Å². The van der Waals surface area contributed by atoms with Gasteiger partial charge in [-0.3, -0.25) is 4.79 Å². The molecule has 78 valence electrons. The fourth-order valence-electron chi connectivity index (χ4n) is 0.925. The highest BCUT2D eigenvalue weighted by atomic mass is 16.4. The van der Waals surface area contributed by atoms with Gasteiger partial charge in [-0.15, -0.1) is 0 Å². The molecule has 0 aliphatic rings. The molecule has 13 heavy (non-hydrogen) atoms. The molecule has 0 saturated carbocycles. The Balaban J connectivity index is 3.52. The van der Waals surface area contributed by atoms with Gasteiger partial charge in [0.2, 0.25) is 0 Å². The number of nitrogens with zero attached hydrogens (tertiary/aromatic N) is 1. The first-order chi connectivity index (χ1) is 5.81. The monoisotopic (exact) mass is 187 g/mol. The molecule has 0 aromatic carbocycles. The summed E-state index contributed by atoms with van der Waals surface area (Å²) in [7, 11) is 1.97. The highest BCUT2D eigenvalue weighted by Gasteiger charge is 2.11. The Hall–Kier alpha value is -0.570. The van der Waals surface area contributed by atoms with Crippen LogP contribution in [-0.2, 0) is 4.79 Å². The Morgan fingerprint density at radius 1 is 1.31 bits per heavy atom. The second-order valence-electron chi connectivity index (χ2n) is 4.76. The molecule has 0 unspecified atom stereocenters. The summed E-state index contributed by atoms with van der Waals surface area (Å²) in [5.74, 6) is -0.720. The van der Waals surface area contributed by atoms with Crippen molar-refractivity contribution >= 4 is 5.97 Å². The second kappa shape index (κ2) is 5.22. The van der Waals surface area contributed by atoms with E-state index in [1.165, 1.54) is 0 Å². The smallest absolute Gasteiger partial charge is 0.304 e. The molecule has 0 heterocycles. The summed E-state index contributed by atoms with van der Waals surface area (Å²) in [4.78, 5) is 12.3. The predicted molar refractivity (Wildman–Crippen MR) is 53.8 cm³/mol. The molecule has 3 nitrogen and oxygen atoms in total. The van der Waals surface area contributed by atoms with E-state index in [9.17, 15) is 4.79 Å². The molecule has 0 aliphatic carbocycles. The van der Waals surface area contributed by atoms with Crippen molar-refractivity contribution in [3.63, 3.8) is 0 Å². The van der Waals surface area contributed by atoms with Crippen molar-refractivity contribution in [1.29, 1.82) is 0 Å². The van der Waals surface area contributed by atoms with Gasteiger partial charge in [-0.2, -0.15) is 0 Å². The van der Waals surface area contributed by atoms with E-state index in [0.717, 1.165) is 13.0 Å². The maximum absolute atomic E-state index is 10.3. The Kier molecular flexibility index (Phi) is 4.99. The minimum atomic E-state index is -0.720. The molecule has 0 rings (SSSR count). The number of hydrogen-bond acceptors (Lipinski definition) is 2. The van der Waals surface area contributed by atoms with E-state index in [2.05, 4.69) is 25.7 Å². The summed E-state index contributed by atoms with van der Waals surface area (Å²) in [6.07, 6.45) is 1.34. The van der Waals surface area contributed by atoms with E-state index in [1.807, 2.05) is 7.05 Å². The summed E-state index contributed by atoms with van der Waals surface area (Å²) in [6.45, 7) is 8.19. The van der Waals surface area contributed by atoms with Crippen molar-refractivity contribution in [3.8, 4) is 0 Å². The third kappa shape index (κ3) is 9.34. The van der Waals surface area contributed by atoms with Gasteiger partial charge in [0.15, 0.2) is 0 Å². The average Bonchev–Trinajstić information content (AvgIpc) is 1.95. The van der Waals surface area contributed by atoms with Gasteiger partial charge in [0, 0.05) is 6.54 Å². The topological polar surface area (TPSA) is 40.5 Å². The van der Waals surface area contributed by atoms with Gasteiger partial charge in [0.1, 0.15) is 0 Å². The predicted octanol–water partition coefficient (Wildman–Crippen LogP) is 1.83. The molecule has 0 atom stereocenters. The molecule has 0 saturated heterocycles. The van der Waals surface area contributed by atoms with Crippen LogP contribution in [-0.4, -0.2) is 36.1 Å². The maximum atomic E-state index is 10.3. The van der Waals surface area contributed by atoms with E-state index in [4.69, 9.17) is 5.11 Å². The van der Waals surface area contributed by atoms with Gasteiger partial charge in [-0.25, -0.2) is 0 Å². The number of carboxylic acid groups (broad SMARTS) is 1. The summed E-state index contributed by atoms with van der Waals surface area (Å²) in [6, 6.07) is 0. The molecule has 0 spiro atoms. The average molecular weight is 187 g/mol. The summed E-state index contributed by atoms with van der Waals surface area (Å²) in [5, 5.41) is 8.46. The van der Waals surface area contributed by atoms with Crippen LogP contribution in [0.5, 0.6) is 0 Å². The fraction of sp³-hybridized carbons (Fsp3) is 0.900. The lowest BCUT2D eigenvalue weighted by molar-refractivity contribution is -0.137. The molecular weight excluding hydrogens is 166 g/mol. The lowest BCUT2D eigenvalue weighted by atomic mass is 9.92. The van der Waals surface area contributed by atoms with Crippen LogP contribution in [0.15, 0.2) is 0 Å². The first-order valence-electron chi connectivity index (χ1n) is 4.71. The first kappa shape index (κ1) is 12.4. The van der Waals surface area contributed by atoms with Crippen molar-refractivity contribution in [3.05, 3.63) is 0 Å². The SMILES string of the molecule is CN(CCC(=O)O)CCC(C)(C)C. The van der Waals surface area contributed by atoms with Crippen molar-refractivity contribution in [1.82, 2.24) is 4.90 Å². The zero-order chi connectivity index (χ0) is 10.5. The van der Waals surface area contributed by atoms with Crippen molar-refractivity contribution < 1.29 is 9.90 Å². The molecule has 0 aromatic heterocycles. The van der Waals surface area contributed by atoms with E-state index in [-0.39, 0.29) is 6.42 Å².